The van der Waals surface area contributed by atoms with E-state index in [0.29, 0.717) is 8.80 Å². The van der Waals surface area contributed by atoms with Gasteiger partial charge in [-0.1, -0.05) is 34.5 Å². The van der Waals surface area contributed by atoms with Gasteiger partial charge in [0.05, 0.1) is 0 Å². The van der Waals surface area contributed by atoms with Crippen LogP contribution in [0, 0.1) is 3.70 Å². The van der Waals surface area contributed by atoms with Crippen molar-refractivity contribution >= 4 is 57.1 Å². The molecule has 0 spiro atoms. The van der Waals surface area contributed by atoms with Gasteiger partial charge in [0, 0.05) is 0 Å². The summed E-state index contributed by atoms with van der Waals surface area (Å²) in [6.45, 7) is 0. The molecule has 0 saturated carbocycles. The van der Waals surface area contributed by atoms with Crippen LogP contribution in [0.15, 0.2) is 0 Å². The van der Waals surface area contributed by atoms with Crippen LogP contribution in [-0.4, -0.2) is 4.98 Å². The van der Waals surface area contributed by atoms with Crippen molar-refractivity contribution in [3.8, 4) is 0 Å². The van der Waals surface area contributed by atoms with Crippen molar-refractivity contribution in [3.05, 3.63) is 12.5 Å². The summed E-state index contributed by atoms with van der Waals surface area (Å²) in [5.74, 6) is 0. The molecule has 1 nitrogen and oxygen atoms in total. The van der Waals surface area contributed by atoms with Gasteiger partial charge in [0.2, 0.25) is 0 Å². The first-order chi connectivity index (χ1) is 3.70. The number of aromatic nitrogens is 1. The number of rotatable bonds is 0. The summed E-state index contributed by atoms with van der Waals surface area (Å²) in [5, 5.41) is 0. The molecule has 1 rings (SSSR count). The summed E-state index contributed by atoms with van der Waals surface area (Å²) in [7, 11) is 0. The molecule has 44 valence electrons. The van der Waals surface area contributed by atoms with Crippen molar-refractivity contribution in [1.29, 1.82) is 0 Å². The Balaban J connectivity index is 3.14. The average Bonchev–Trinajstić information content (AvgIpc) is 1.85. The van der Waals surface area contributed by atoms with E-state index in [0.717, 1.165) is 3.70 Å². The van der Waals surface area contributed by atoms with Crippen LogP contribution < -0.4 is 0 Å². The normalized spacial score (nSPS) is 9.88. The van der Waals surface area contributed by atoms with Gasteiger partial charge in [0.15, 0.2) is 4.47 Å². The zero-order chi connectivity index (χ0) is 6.15. The van der Waals surface area contributed by atoms with Gasteiger partial charge in [0.25, 0.3) is 0 Å². The second-order valence-electron chi connectivity index (χ2n) is 1.03. The lowest BCUT2D eigenvalue weighted by Crippen LogP contribution is -1.64. The second-order valence-corrected chi connectivity index (χ2v) is 4.24. The smallest absolute Gasteiger partial charge is 0.186 e. The lowest BCUT2D eigenvalue weighted by atomic mass is 11.0. The molecule has 8 heavy (non-hydrogen) atoms. The van der Waals surface area contributed by atoms with E-state index in [2.05, 4.69) is 4.98 Å². The fourth-order valence-corrected chi connectivity index (χ4v) is 2.25. The van der Waals surface area contributed by atoms with Crippen LogP contribution >= 0.6 is 57.1 Å². The highest BCUT2D eigenvalue weighted by atomic mass is 127. The van der Waals surface area contributed by atoms with Gasteiger partial charge in [-0.2, -0.15) is 0 Å². The number of hydrogen-bond acceptors (Lipinski definition) is 2. The number of thiazole rings is 1. The third kappa shape index (κ3) is 1.46. The lowest BCUT2D eigenvalue weighted by Gasteiger charge is -1.71. The molecule has 0 aromatic carbocycles. The lowest BCUT2D eigenvalue weighted by molar-refractivity contribution is 1.36. The highest BCUT2D eigenvalue weighted by Gasteiger charge is 2.01. The van der Waals surface area contributed by atoms with Crippen LogP contribution in [0.2, 0.25) is 8.80 Å². The van der Waals surface area contributed by atoms with E-state index < -0.39 is 0 Å². The molecule has 0 radical (unpaired) electrons. The van der Waals surface area contributed by atoms with E-state index in [9.17, 15) is 0 Å². The monoisotopic (exact) mass is 279 g/mol. The Morgan fingerprint density at radius 1 is 1.50 bits per heavy atom. The molecule has 5 heteroatoms. The Bertz CT molecular complexity index is 180. The minimum Gasteiger partial charge on any atom is -0.217 e. The van der Waals surface area contributed by atoms with Crippen LogP contribution in [0.1, 0.15) is 0 Å². The SMILES string of the molecule is Clc1nc(I)c(Cl)s1. The molecule has 0 saturated heterocycles. The molecule has 0 amide bonds. The van der Waals surface area contributed by atoms with Crippen LogP contribution in [0.3, 0.4) is 0 Å². The van der Waals surface area contributed by atoms with Crippen LogP contribution in [-0.2, 0) is 0 Å². The van der Waals surface area contributed by atoms with Gasteiger partial charge in [-0.05, 0) is 22.6 Å². The van der Waals surface area contributed by atoms with Crippen molar-refractivity contribution in [1.82, 2.24) is 4.98 Å². The Morgan fingerprint density at radius 3 is 2.25 bits per heavy atom. The zero-order valence-corrected chi connectivity index (χ0v) is 7.98. The van der Waals surface area contributed by atoms with E-state index in [-0.39, 0.29) is 0 Å². The van der Waals surface area contributed by atoms with E-state index in [4.69, 9.17) is 23.2 Å². The molecule has 0 N–H and O–H groups in total. The molecule has 1 aromatic heterocycles. The first-order valence-electron chi connectivity index (χ1n) is 1.67. The quantitative estimate of drug-likeness (QED) is 0.665. The van der Waals surface area contributed by atoms with Crippen LogP contribution in [0.5, 0.6) is 0 Å². The standard InChI is InChI=1S/C3Cl2INS/c4-1-2(6)7-3(5)8-1. The first-order valence-corrected chi connectivity index (χ1v) is 4.32. The number of halogens is 3. The predicted molar refractivity (Wildman–Crippen MR) is 44.9 cm³/mol. The fraction of sp³-hybridized carbons (Fsp3) is 0. The highest BCUT2D eigenvalue weighted by molar-refractivity contribution is 14.1. The average molecular weight is 280 g/mol. The van der Waals surface area contributed by atoms with Crippen molar-refractivity contribution < 1.29 is 0 Å². The minimum atomic E-state index is 0.499. The summed E-state index contributed by atoms with van der Waals surface area (Å²) in [4.78, 5) is 3.85. The van der Waals surface area contributed by atoms with Crippen molar-refractivity contribution in [2.45, 2.75) is 0 Å². The molecule has 1 heterocycles. The van der Waals surface area contributed by atoms with Crippen molar-refractivity contribution in [2.75, 3.05) is 0 Å². The van der Waals surface area contributed by atoms with Gasteiger partial charge >= 0.3 is 0 Å². The summed E-state index contributed by atoms with van der Waals surface area (Å²) in [6, 6.07) is 0. The minimum absolute atomic E-state index is 0.499. The number of nitrogens with zero attached hydrogens (tertiary/aromatic N) is 1. The van der Waals surface area contributed by atoms with E-state index in [1.54, 1.807) is 0 Å². The Kier molecular flexibility index (Phi) is 2.36. The molecule has 0 fully saturated rings. The maximum absolute atomic E-state index is 5.59. The molecule has 0 aliphatic heterocycles. The predicted octanol–water partition coefficient (Wildman–Crippen LogP) is 3.05. The molecule has 0 bridgehead atoms. The second kappa shape index (κ2) is 2.68. The highest BCUT2D eigenvalue weighted by Crippen LogP contribution is 2.28. The Labute approximate surface area is 74.2 Å². The van der Waals surface area contributed by atoms with E-state index >= 15 is 0 Å². The molecular formula is C3Cl2INS. The zero-order valence-electron chi connectivity index (χ0n) is 3.49. The van der Waals surface area contributed by atoms with Crippen molar-refractivity contribution in [2.24, 2.45) is 0 Å². The maximum Gasteiger partial charge on any atom is 0.186 e. The fourth-order valence-electron chi connectivity index (χ4n) is 0.260. The molecule has 1 aromatic rings. The third-order valence-electron chi connectivity index (χ3n) is 0.522. The summed E-state index contributed by atoms with van der Waals surface area (Å²) in [6.07, 6.45) is 0. The number of hydrogen-bond donors (Lipinski definition) is 0. The largest absolute Gasteiger partial charge is 0.217 e. The maximum atomic E-state index is 5.59. The Morgan fingerprint density at radius 2 is 2.12 bits per heavy atom. The van der Waals surface area contributed by atoms with Crippen molar-refractivity contribution in [3.63, 3.8) is 0 Å². The molecule has 0 aliphatic carbocycles. The first kappa shape index (κ1) is 7.05. The summed E-state index contributed by atoms with van der Waals surface area (Å²) < 4.78 is 1.94. The molecule has 0 atom stereocenters. The molecular weight excluding hydrogens is 280 g/mol. The van der Waals surface area contributed by atoms with Gasteiger partial charge < -0.3 is 0 Å². The Hall–Kier alpha value is 0.940. The van der Waals surface area contributed by atoms with Crippen LogP contribution in [0.4, 0.5) is 0 Å². The van der Waals surface area contributed by atoms with Gasteiger partial charge in [-0.15, -0.1) is 0 Å². The van der Waals surface area contributed by atoms with Gasteiger partial charge in [-0.3, -0.25) is 0 Å². The summed E-state index contributed by atoms with van der Waals surface area (Å²) in [5.41, 5.74) is 0. The van der Waals surface area contributed by atoms with E-state index in [1.165, 1.54) is 11.3 Å². The molecule has 0 aliphatic rings. The van der Waals surface area contributed by atoms with Crippen LogP contribution in [0.25, 0.3) is 0 Å². The molecule has 0 unspecified atom stereocenters. The summed E-state index contributed by atoms with van der Waals surface area (Å²) >= 11 is 14.4. The topological polar surface area (TPSA) is 12.9 Å². The van der Waals surface area contributed by atoms with E-state index in [1.807, 2.05) is 22.6 Å². The third-order valence-corrected chi connectivity index (χ3v) is 3.35. The van der Waals surface area contributed by atoms with Gasteiger partial charge in [-0.25, -0.2) is 4.98 Å². The van der Waals surface area contributed by atoms with Gasteiger partial charge in [0.1, 0.15) is 8.04 Å².